The molecule has 3 heteroatoms. The zero-order chi connectivity index (χ0) is 23.5. The number of likely N-dealkylation sites (tertiary alicyclic amines) is 2. The fourth-order valence-corrected chi connectivity index (χ4v) is 6.78. The summed E-state index contributed by atoms with van der Waals surface area (Å²) in [6.45, 7) is 11.4. The third-order valence-electron chi connectivity index (χ3n) is 8.56. The second-order valence-electron chi connectivity index (χ2n) is 11.4. The van der Waals surface area contributed by atoms with Crippen LogP contribution in [0.15, 0.2) is 60.7 Å². The molecule has 2 heterocycles. The van der Waals surface area contributed by atoms with Gasteiger partial charge in [0.05, 0.1) is 19.6 Å². The summed E-state index contributed by atoms with van der Waals surface area (Å²) in [6.07, 6.45) is 14.2. The number of hydrogen-bond donors (Lipinski definition) is 0. The maximum Gasteiger partial charge on any atom is 0.104 e. The van der Waals surface area contributed by atoms with Gasteiger partial charge < -0.3 is 21.5 Å². The summed E-state index contributed by atoms with van der Waals surface area (Å²) >= 11 is 0. The molecular formula is C32H49BrN2. The van der Waals surface area contributed by atoms with E-state index in [0.29, 0.717) is 0 Å². The Bertz CT molecular complexity index is 811. The van der Waals surface area contributed by atoms with Gasteiger partial charge in [-0.3, -0.25) is 4.90 Å². The average Bonchev–Trinajstić information content (AvgIpc) is 3.21. The molecular weight excluding hydrogens is 492 g/mol. The summed E-state index contributed by atoms with van der Waals surface area (Å²) < 4.78 is 1.34. The van der Waals surface area contributed by atoms with Crippen molar-refractivity contribution in [1.29, 1.82) is 0 Å². The molecule has 2 fully saturated rings. The second-order valence-corrected chi connectivity index (χ2v) is 11.4. The van der Waals surface area contributed by atoms with E-state index < -0.39 is 0 Å². The van der Waals surface area contributed by atoms with Gasteiger partial charge in [-0.2, -0.15) is 0 Å². The topological polar surface area (TPSA) is 3.24 Å². The highest BCUT2D eigenvalue weighted by Gasteiger charge is 2.46. The summed E-state index contributed by atoms with van der Waals surface area (Å²) in [6, 6.07) is 22.4. The zero-order valence-electron chi connectivity index (χ0n) is 22.2. The molecule has 0 aliphatic carbocycles. The van der Waals surface area contributed by atoms with Crippen LogP contribution < -0.4 is 17.0 Å². The Morgan fingerprint density at radius 2 is 1.29 bits per heavy atom. The van der Waals surface area contributed by atoms with Crippen LogP contribution in [0, 0.1) is 11.8 Å². The van der Waals surface area contributed by atoms with Crippen molar-refractivity contribution in [2.45, 2.75) is 84.2 Å². The van der Waals surface area contributed by atoms with Gasteiger partial charge in [-0.15, -0.1) is 0 Å². The average molecular weight is 542 g/mol. The first kappa shape index (κ1) is 28.4. The van der Waals surface area contributed by atoms with Crippen molar-refractivity contribution in [1.82, 2.24) is 4.90 Å². The number of unbranched alkanes of at least 4 members (excludes halogenated alkanes) is 8. The molecule has 0 aromatic heterocycles. The van der Waals surface area contributed by atoms with Crippen molar-refractivity contribution in [3.63, 3.8) is 0 Å². The molecule has 0 bridgehead atoms. The molecule has 2 aliphatic rings. The van der Waals surface area contributed by atoms with Gasteiger partial charge in [0.2, 0.25) is 0 Å². The van der Waals surface area contributed by atoms with E-state index in [-0.39, 0.29) is 17.0 Å². The summed E-state index contributed by atoms with van der Waals surface area (Å²) in [5.74, 6) is 1.80. The highest BCUT2D eigenvalue weighted by Crippen LogP contribution is 2.38. The van der Waals surface area contributed by atoms with Crippen LogP contribution in [0.25, 0.3) is 0 Å². The van der Waals surface area contributed by atoms with E-state index in [1.807, 2.05) is 0 Å². The molecule has 0 spiro atoms. The number of hydrogen-bond acceptors (Lipinski definition) is 1. The predicted octanol–water partition coefficient (Wildman–Crippen LogP) is 4.69. The molecule has 4 rings (SSSR count). The van der Waals surface area contributed by atoms with Crippen LogP contribution in [0.2, 0.25) is 0 Å². The van der Waals surface area contributed by atoms with E-state index in [4.69, 9.17) is 0 Å². The largest absolute Gasteiger partial charge is 1.00 e. The molecule has 0 radical (unpaired) electrons. The van der Waals surface area contributed by atoms with Gasteiger partial charge in [0, 0.05) is 30.5 Å². The first-order chi connectivity index (χ1) is 16.8. The molecule has 0 N–H and O–H groups in total. The Hall–Kier alpha value is -1.16. The van der Waals surface area contributed by atoms with Crippen molar-refractivity contribution in [2.75, 3.05) is 32.7 Å². The number of rotatable bonds is 14. The molecule has 2 aromatic carbocycles. The fourth-order valence-electron chi connectivity index (χ4n) is 6.78. The van der Waals surface area contributed by atoms with E-state index in [2.05, 4.69) is 72.5 Å². The predicted molar refractivity (Wildman–Crippen MR) is 146 cm³/mol. The maximum atomic E-state index is 2.73. The standard InChI is InChI=1S/C32H49N2.BrH/c1-2-3-4-5-6-7-8-9-16-23-34(26-30-19-14-11-15-20-30)27-31-21-22-33(25-32(31)28-34)24-29-17-12-10-13-18-29;/h10-15,17-20,31-32H,2-9,16,21-28H2,1H3;1H/q+1;/p-1. The lowest BCUT2D eigenvalue weighted by atomic mass is 9.88. The second kappa shape index (κ2) is 15.2. The van der Waals surface area contributed by atoms with E-state index in [1.54, 1.807) is 5.56 Å². The minimum absolute atomic E-state index is 0. The van der Waals surface area contributed by atoms with Crippen LogP contribution in [-0.4, -0.2) is 42.1 Å². The number of fused-ring (bicyclic) bond motifs is 1. The van der Waals surface area contributed by atoms with E-state index in [1.165, 1.54) is 114 Å². The van der Waals surface area contributed by atoms with E-state index in [9.17, 15) is 0 Å². The van der Waals surface area contributed by atoms with Crippen LogP contribution in [0.4, 0.5) is 0 Å². The van der Waals surface area contributed by atoms with Gasteiger partial charge in [0.25, 0.3) is 0 Å². The normalized spacial score (nSPS) is 24.1. The lowest BCUT2D eigenvalue weighted by molar-refractivity contribution is -0.932. The first-order valence-corrected chi connectivity index (χ1v) is 14.4. The number of quaternary nitrogens is 1. The summed E-state index contributed by atoms with van der Waals surface area (Å²) in [5, 5.41) is 0. The summed E-state index contributed by atoms with van der Waals surface area (Å²) in [4.78, 5) is 2.73. The van der Waals surface area contributed by atoms with E-state index in [0.717, 1.165) is 18.4 Å². The Morgan fingerprint density at radius 3 is 1.94 bits per heavy atom. The molecule has 194 valence electrons. The summed E-state index contributed by atoms with van der Waals surface area (Å²) in [7, 11) is 0. The lowest BCUT2D eigenvalue weighted by Crippen LogP contribution is -3.00. The van der Waals surface area contributed by atoms with Gasteiger partial charge in [-0.1, -0.05) is 113 Å². The third-order valence-corrected chi connectivity index (χ3v) is 8.56. The molecule has 0 amide bonds. The van der Waals surface area contributed by atoms with Crippen molar-refractivity contribution in [2.24, 2.45) is 11.8 Å². The molecule has 35 heavy (non-hydrogen) atoms. The number of halogens is 1. The smallest absolute Gasteiger partial charge is 0.104 e. The van der Waals surface area contributed by atoms with Crippen molar-refractivity contribution in [3.05, 3.63) is 71.8 Å². The highest BCUT2D eigenvalue weighted by molar-refractivity contribution is 5.15. The van der Waals surface area contributed by atoms with Gasteiger partial charge in [0.15, 0.2) is 0 Å². The number of piperidine rings is 1. The quantitative estimate of drug-likeness (QED) is 0.248. The monoisotopic (exact) mass is 540 g/mol. The Morgan fingerprint density at radius 1 is 0.714 bits per heavy atom. The van der Waals surface area contributed by atoms with Crippen LogP contribution in [0.5, 0.6) is 0 Å². The molecule has 3 unspecified atom stereocenters. The fraction of sp³-hybridized carbons (Fsp3) is 0.625. The zero-order valence-corrected chi connectivity index (χ0v) is 23.8. The SMILES string of the molecule is CCCCCCCCCCC[N+]1(Cc2ccccc2)CC2CCN(Cc3ccccc3)CC2C1.[Br-]. The Kier molecular flexibility index (Phi) is 12.3. The molecule has 2 aliphatic heterocycles. The number of nitrogens with zero attached hydrogens (tertiary/aromatic N) is 2. The number of benzene rings is 2. The molecule has 2 nitrogen and oxygen atoms in total. The van der Waals surface area contributed by atoms with Gasteiger partial charge in [-0.25, -0.2) is 0 Å². The van der Waals surface area contributed by atoms with Crippen molar-refractivity contribution in [3.8, 4) is 0 Å². The van der Waals surface area contributed by atoms with Crippen LogP contribution in [0.3, 0.4) is 0 Å². The third kappa shape index (κ3) is 9.02. The minimum Gasteiger partial charge on any atom is -1.00 e. The Labute approximate surface area is 226 Å². The van der Waals surface area contributed by atoms with Crippen molar-refractivity contribution < 1.29 is 21.5 Å². The van der Waals surface area contributed by atoms with Crippen LogP contribution in [-0.2, 0) is 13.1 Å². The van der Waals surface area contributed by atoms with Crippen LogP contribution >= 0.6 is 0 Å². The molecule has 3 atom stereocenters. The molecule has 2 aromatic rings. The molecule has 2 saturated heterocycles. The van der Waals surface area contributed by atoms with Crippen molar-refractivity contribution >= 4 is 0 Å². The van der Waals surface area contributed by atoms with Gasteiger partial charge >= 0.3 is 0 Å². The lowest BCUT2D eigenvalue weighted by Gasteiger charge is -2.35. The van der Waals surface area contributed by atoms with Gasteiger partial charge in [-0.05, 0) is 31.4 Å². The first-order valence-electron chi connectivity index (χ1n) is 14.4. The van der Waals surface area contributed by atoms with Gasteiger partial charge in [0.1, 0.15) is 6.54 Å². The van der Waals surface area contributed by atoms with Crippen LogP contribution in [0.1, 0.15) is 82.3 Å². The highest BCUT2D eigenvalue weighted by atomic mass is 79.9. The van der Waals surface area contributed by atoms with E-state index >= 15 is 0 Å². The Balaban J connectivity index is 0.00000342. The maximum absolute atomic E-state index is 2.73. The summed E-state index contributed by atoms with van der Waals surface area (Å²) in [5.41, 5.74) is 3.01. The minimum atomic E-state index is 0. The molecule has 0 saturated carbocycles.